The van der Waals surface area contributed by atoms with Crippen LogP contribution in [0.25, 0.3) is 0 Å². The van der Waals surface area contributed by atoms with E-state index in [0.29, 0.717) is 23.9 Å². The van der Waals surface area contributed by atoms with E-state index >= 15 is 0 Å². The molecule has 2 atom stereocenters. The minimum atomic E-state index is -0.582. The molecular formula is C25H30FN5O2S. The lowest BCUT2D eigenvalue weighted by atomic mass is 10.1. The van der Waals surface area contributed by atoms with Gasteiger partial charge in [-0.05, 0) is 63.4 Å². The molecular weight excluding hydrogens is 453 g/mol. The molecule has 3 rings (SSSR count). The fourth-order valence-corrected chi connectivity index (χ4v) is 4.55. The first-order valence-corrected chi connectivity index (χ1v) is 12.2. The predicted octanol–water partition coefficient (Wildman–Crippen LogP) is 5.05. The first kappa shape index (κ1) is 25.4. The minimum absolute atomic E-state index is 0.0272. The normalized spacial score (nSPS) is 12.8. The van der Waals surface area contributed by atoms with Crippen molar-refractivity contribution in [2.75, 3.05) is 5.32 Å². The highest BCUT2D eigenvalue weighted by molar-refractivity contribution is 8.00. The Balaban J connectivity index is 1.74. The Morgan fingerprint density at radius 2 is 1.85 bits per heavy atom. The van der Waals surface area contributed by atoms with Crippen LogP contribution in [0.3, 0.4) is 0 Å². The highest BCUT2D eigenvalue weighted by Gasteiger charge is 2.25. The molecule has 0 saturated heterocycles. The van der Waals surface area contributed by atoms with E-state index in [1.165, 1.54) is 30.0 Å². The van der Waals surface area contributed by atoms with Gasteiger partial charge in [-0.3, -0.25) is 9.59 Å². The summed E-state index contributed by atoms with van der Waals surface area (Å²) in [4.78, 5) is 25.5. The number of aryl methyl sites for hydroxylation is 2. The average Bonchev–Trinajstić information content (AvgIpc) is 3.22. The monoisotopic (exact) mass is 483 g/mol. The summed E-state index contributed by atoms with van der Waals surface area (Å²) in [5, 5.41) is 14.6. The third-order valence-electron chi connectivity index (χ3n) is 5.48. The summed E-state index contributed by atoms with van der Waals surface area (Å²) in [6.07, 6.45) is 0.604. The molecule has 0 unspecified atom stereocenters. The molecule has 0 aliphatic heterocycles. The molecule has 0 aliphatic carbocycles. The number of thioether (sulfide) groups is 1. The third-order valence-corrected chi connectivity index (χ3v) is 6.82. The summed E-state index contributed by atoms with van der Waals surface area (Å²) < 4.78 is 15.8. The molecule has 2 aromatic carbocycles. The number of nitrogens with one attached hydrogen (secondary N) is 2. The predicted molar refractivity (Wildman–Crippen MR) is 132 cm³/mol. The Kier molecular flexibility index (Phi) is 8.44. The number of anilines is 1. The van der Waals surface area contributed by atoms with Gasteiger partial charge in [0.25, 0.3) is 5.91 Å². The zero-order valence-electron chi connectivity index (χ0n) is 20.1. The van der Waals surface area contributed by atoms with E-state index < -0.39 is 17.8 Å². The van der Waals surface area contributed by atoms with Gasteiger partial charge in [-0.25, -0.2) is 4.39 Å². The van der Waals surface area contributed by atoms with Gasteiger partial charge in [0.15, 0.2) is 11.0 Å². The van der Waals surface area contributed by atoms with Crippen molar-refractivity contribution in [3.8, 4) is 0 Å². The van der Waals surface area contributed by atoms with Crippen molar-refractivity contribution in [2.24, 2.45) is 0 Å². The molecule has 9 heteroatoms. The maximum Gasteiger partial charge on any atom is 0.254 e. The van der Waals surface area contributed by atoms with Gasteiger partial charge in [0, 0.05) is 12.2 Å². The van der Waals surface area contributed by atoms with Crippen LogP contribution in [0.2, 0.25) is 0 Å². The number of rotatable bonds is 9. The summed E-state index contributed by atoms with van der Waals surface area (Å²) in [5.41, 5.74) is 2.84. The van der Waals surface area contributed by atoms with E-state index in [2.05, 4.69) is 20.8 Å². The standard InChI is InChI=1S/C25H30FN5O2S/c1-6-21(24(33)28-20-14-15(3)12-13-16(20)4)34-25-30-29-22(31(25)7-2)17(5)27-23(32)18-10-8-9-11-19(18)26/h8-14,17,21H,6-7H2,1-5H3,(H,27,32)(H,28,33)/t17-,21+/m1/s1. The number of hydrogen-bond donors (Lipinski definition) is 2. The summed E-state index contributed by atoms with van der Waals surface area (Å²) in [7, 11) is 0. The summed E-state index contributed by atoms with van der Waals surface area (Å²) >= 11 is 1.34. The number of aromatic nitrogens is 3. The zero-order valence-corrected chi connectivity index (χ0v) is 20.9. The van der Waals surface area contributed by atoms with Crippen LogP contribution in [0.5, 0.6) is 0 Å². The molecule has 2 N–H and O–H groups in total. The lowest BCUT2D eigenvalue weighted by Crippen LogP contribution is -2.29. The first-order valence-electron chi connectivity index (χ1n) is 11.3. The fraction of sp³-hybridized carbons (Fsp3) is 0.360. The Bertz CT molecular complexity index is 1180. The number of amides is 2. The van der Waals surface area contributed by atoms with Gasteiger partial charge in [0.2, 0.25) is 5.91 Å². The van der Waals surface area contributed by atoms with E-state index in [0.717, 1.165) is 16.8 Å². The van der Waals surface area contributed by atoms with E-state index in [-0.39, 0.29) is 16.7 Å². The van der Waals surface area contributed by atoms with E-state index in [4.69, 9.17) is 0 Å². The first-order chi connectivity index (χ1) is 16.2. The van der Waals surface area contributed by atoms with E-state index in [9.17, 15) is 14.0 Å². The van der Waals surface area contributed by atoms with Crippen LogP contribution in [0.15, 0.2) is 47.6 Å². The summed E-state index contributed by atoms with van der Waals surface area (Å²) in [6.45, 7) is 10.2. The van der Waals surface area contributed by atoms with Gasteiger partial charge in [-0.1, -0.05) is 43.0 Å². The summed E-state index contributed by atoms with van der Waals surface area (Å²) in [5.74, 6) is -0.667. The van der Waals surface area contributed by atoms with Gasteiger partial charge in [-0.15, -0.1) is 10.2 Å². The molecule has 0 spiro atoms. The second-order valence-electron chi connectivity index (χ2n) is 8.08. The van der Waals surface area contributed by atoms with Crippen molar-refractivity contribution in [3.63, 3.8) is 0 Å². The lowest BCUT2D eigenvalue weighted by molar-refractivity contribution is -0.115. The lowest BCUT2D eigenvalue weighted by Gasteiger charge is -2.18. The zero-order chi connectivity index (χ0) is 24.8. The second kappa shape index (κ2) is 11.3. The van der Waals surface area contributed by atoms with Gasteiger partial charge in [0.05, 0.1) is 16.9 Å². The fourth-order valence-electron chi connectivity index (χ4n) is 3.52. The molecule has 7 nitrogen and oxygen atoms in total. The molecule has 0 bridgehead atoms. The highest BCUT2D eigenvalue weighted by atomic mass is 32.2. The van der Waals surface area contributed by atoms with Crippen LogP contribution in [-0.4, -0.2) is 31.8 Å². The van der Waals surface area contributed by atoms with Crippen LogP contribution in [0.1, 0.15) is 60.5 Å². The van der Waals surface area contributed by atoms with Gasteiger partial charge >= 0.3 is 0 Å². The van der Waals surface area contributed by atoms with Gasteiger partial charge in [0.1, 0.15) is 5.82 Å². The Hall–Kier alpha value is -3.20. The van der Waals surface area contributed by atoms with Crippen molar-refractivity contribution in [1.82, 2.24) is 20.1 Å². The van der Waals surface area contributed by atoms with Gasteiger partial charge in [-0.2, -0.15) is 0 Å². The highest BCUT2D eigenvalue weighted by Crippen LogP contribution is 2.28. The van der Waals surface area contributed by atoms with Crippen LogP contribution in [-0.2, 0) is 11.3 Å². The number of halogens is 1. The summed E-state index contributed by atoms with van der Waals surface area (Å²) in [6, 6.07) is 11.3. The maximum atomic E-state index is 14.0. The Morgan fingerprint density at radius 1 is 1.12 bits per heavy atom. The molecule has 180 valence electrons. The Morgan fingerprint density at radius 3 is 2.53 bits per heavy atom. The molecule has 0 fully saturated rings. The van der Waals surface area contributed by atoms with Crippen LogP contribution < -0.4 is 10.6 Å². The average molecular weight is 484 g/mol. The molecule has 3 aromatic rings. The van der Waals surface area contributed by atoms with Crippen LogP contribution >= 0.6 is 11.8 Å². The largest absolute Gasteiger partial charge is 0.342 e. The molecule has 0 saturated carbocycles. The minimum Gasteiger partial charge on any atom is -0.342 e. The quantitative estimate of drug-likeness (QED) is 0.416. The van der Waals surface area contributed by atoms with Gasteiger partial charge < -0.3 is 15.2 Å². The molecule has 2 amide bonds. The van der Waals surface area contributed by atoms with Crippen molar-refractivity contribution in [2.45, 2.75) is 64.0 Å². The maximum absolute atomic E-state index is 14.0. The molecule has 0 aliphatic rings. The SMILES string of the molecule is CC[C@H](Sc1nnc([C@@H](C)NC(=O)c2ccccc2F)n1CC)C(=O)Nc1cc(C)ccc1C. The molecule has 1 heterocycles. The molecule has 0 radical (unpaired) electrons. The van der Waals surface area contributed by atoms with Crippen molar-refractivity contribution in [1.29, 1.82) is 0 Å². The number of hydrogen-bond acceptors (Lipinski definition) is 5. The number of nitrogens with zero attached hydrogens (tertiary/aromatic N) is 3. The number of benzene rings is 2. The second-order valence-corrected chi connectivity index (χ2v) is 9.25. The van der Waals surface area contributed by atoms with Crippen molar-refractivity contribution in [3.05, 3.63) is 70.8 Å². The van der Waals surface area contributed by atoms with E-state index in [1.807, 2.05) is 50.5 Å². The number of carbonyl (C=O) groups is 2. The Labute approximate surface area is 203 Å². The molecule has 34 heavy (non-hydrogen) atoms. The topological polar surface area (TPSA) is 88.9 Å². The van der Waals surface area contributed by atoms with Crippen LogP contribution in [0, 0.1) is 19.7 Å². The van der Waals surface area contributed by atoms with E-state index in [1.54, 1.807) is 13.0 Å². The van der Waals surface area contributed by atoms with Crippen molar-refractivity contribution < 1.29 is 14.0 Å². The van der Waals surface area contributed by atoms with Crippen LogP contribution in [0.4, 0.5) is 10.1 Å². The third kappa shape index (κ3) is 5.83. The van der Waals surface area contributed by atoms with Crippen molar-refractivity contribution >= 4 is 29.3 Å². The smallest absolute Gasteiger partial charge is 0.254 e. The molecule has 1 aromatic heterocycles. The number of carbonyl (C=O) groups excluding carboxylic acids is 2.